The Bertz CT molecular complexity index is 1330. The minimum absolute atomic E-state index is 0. The molecule has 0 radical (unpaired) electrons. The van der Waals surface area contributed by atoms with E-state index in [1.54, 1.807) is 24.3 Å². The Labute approximate surface area is 206 Å². The van der Waals surface area contributed by atoms with Gasteiger partial charge in [-0.2, -0.15) is 0 Å². The smallest absolute Gasteiger partial charge is 0.206 e. The van der Waals surface area contributed by atoms with E-state index in [1.807, 2.05) is 85.0 Å². The molecule has 0 unspecified atom stereocenters. The molecule has 0 aliphatic heterocycles. The van der Waals surface area contributed by atoms with E-state index in [4.69, 9.17) is 11.5 Å². The summed E-state index contributed by atoms with van der Waals surface area (Å²) >= 11 is 0. The lowest BCUT2D eigenvalue weighted by Gasteiger charge is -2.09. The van der Waals surface area contributed by atoms with Gasteiger partial charge >= 0.3 is 0 Å². The fourth-order valence-electron chi connectivity index (χ4n) is 3.38. The third-order valence-electron chi connectivity index (χ3n) is 5.25. The van der Waals surface area contributed by atoms with Crippen molar-refractivity contribution in [3.8, 4) is 0 Å². The molecule has 172 valence electrons. The maximum atomic E-state index is 13.2. The van der Waals surface area contributed by atoms with Gasteiger partial charge in [-0.15, -0.1) is 12.4 Å². The highest BCUT2D eigenvalue weighted by Crippen LogP contribution is 2.28. The van der Waals surface area contributed by atoms with Gasteiger partial charge in [0.25, 0.3) is 0 Å². The fourth-order valence-corrected chi connectivity index (χ4v) is 4.71. The molecule has 6 heteroatoms. The monoisotopic (exact) mass is 488 g/mol. The van der Waals surface area contributed by atoms with Gasteiger partial charge in [0.1, 0.15) is 0 Å². The summed E-state index contributed by atoms with van der Waals surface area (Å²) in [6, 6.07) is 29.1. The molecule has 34 heavy (non-hydrogen) atoms. The molecule has 0 aromatic heterocycles. The minimum Gasteiger partial charge on any atom is -0.398 e. The Kier molecular flexibility index (Phi) is 7.95. The number of benzene rings is 4. The first-order valence-corrected chi connectivity index (χ1v) is 11.9. The summed E-state index contributed by atoms with van der Waals surface area (Å²) in [7, 11) is -3.76. The van der Waals surface area contributed by atoms with Crippen molar-refractivity contribution in [1.29, 1.82) is 0 Å². The van der Waals surface area contributed by atoms with Gasteiger partial charge < -0.3 is 11.5 Å². The lowest BCUT2D eigenvalue weighted by molar-refractivity contribution is 0.596. The standard InChI is InChI=1S/C28H24N2O2S.ClH/c29-27-19-25(17-15-23(27)13-11-21-7-3-1-4-8-21)33(31,32)26-18-16-24(28(30)20-26)14-12-22-9-5-2-6-10-22;/h1-20H,29-30H2;1H/b13-11+,14-12+;. The topological polar surface area (TPSA) is 86.2 Å². The Balaban J connectivity index is 0.00000324. The number of anilines is 2. The van der Waals surface area contributed by atoms with Crippen LogP contribution in [0.25, 0.3) is 24.3 Å². The summed E-state index contributed by atoms with van der Waals surface area (Å²) in [5, 5.41) is 0. The number of sulfone groups is 1. The molecule has 0 saturated carbocycles. The zero-order valence-corrected chi connectivity index (χ0v) is 20.0. The normalized spacial score (nSPS) is 11.5. The molecule has 4 aromatic rings. The van der Waals surface area contributed by atoms with Crippen LogP contribution in [-0.4, -0.2) is 8.42 Å². The molecule has 0 aliphatic rings. The van der Waals surface area contributed by atoms with E-state index in [0.29, 0.717) is 11.4 Å². The molecule has 0 atom stereocenters. The summed E-state index contributed by atoms with van der Waals surface area (Å²) in [4.78, 5) is 0.257. The highest BCUT2D eigenvalue weighted by atomic mass is 35.5. The summed E-state index contributed by atoms with van der Waals surface area (Å²) < 4.78 is 26.3. The van der Waals surface area contributed by atoms with Crippen molar-refractivity contribution in [2.24, 2.45) is 0 Å². The predicted octanol–water partition coefficient (Wildman–Crippen LogP) is 6.45. The number of hydrogen-bond donors (Lipinski definition) is 2. The van der Waals surface area contributed by atoms with Crippen LogP contribution < -0.4 is 11.5 Å². The third kappa shape index (κ3) is 5.76. The van der Waals surface area contributed by atoms with Crippen molar-refractivity contribution in [1.82, 2.24) is 0 Å². The van der Waals surface area contributed by atoms with Crippen LogP contribution in [0.15, 0.2) is 107 Å². The van der Waals surface area contributed by atoms with Gasteiger partial charge in [-0.25, -0.2) is 8.42 Å². The maximum absolute atomic E-state index is 13.2. The molecular weight excluding hydrogens is 464 g/mol. The highest BCUT2D eigenvalue weighted by Gasteiger charge is 2.19. The Hall–Kier alpha value is -3.80. The van der Waals surface area contributed by atoms with Crippen molar-refractivity contribution in [2.75, 3.05) is 11.5 Å². The Morgan fingerprint density at radius 2 is 0.912 bits per heavy atom. The average molecular weight is 489 g/mol. The first-order valence-electron chi connectivity index (χ1n) is 10.4. The molecule has 0 aliphatic carbocycles. The first kappa shape index (κ1) is 24.8. The van der Waals surface area contributed by atoms with Crippen molar-refractivity contribution < 1.29 is 8.42 Å². The number of halogens is 1. The van der Waals surface area contributed by atoms with Crippen LogP contribution in [0.2, 0.25) is 0 Å². The number of hydrogen-bond acceptors (Lipinski definition) is 4. The predicted molar refractivity (Wildman–Crippen MR) is 145 cm³/mol. The SMILES string of the molecule is Cl.Nc1cc(S(=O)(=O)c2ccc(/C=C/c3ccccc3)c(N)c2)ccc1/C=C/c1ccccc1. The van der Waals surface area contributed by atoms with Gasteiger partial charge in [-0.3, -0.25) is 0 Å². The van der Waals surface area contributed by atoms with Gasteiger partial charge in [0.15, 0.2) is 0 Å². The number of nitrogen functional groups attached to an aromatic ring is 2. The molecule has 0 fully saturated rings. The second kappa shape index (κ2) is 10.9. The molecule has 0 heterocycles. The molecule has 0 spiro atoms. The highest BCUT2D eigenvalue weighted by molar-refractivity contribution is 7.91. The molecule has 4 N–H and O–H groups in total. The van der Waals surface area contributed by atoms with E-state index in [1.165, 1.54) is 12.1 Å². The number of rotatable bonds is 6. The summed E-state index contributed by atoms with van der Waals surface area (Å²) in [5.41, 5.74) is 16.7. The second-order valence-electron chi connectivity index (χ2n) is 7.57. The van der Waals surface area contributed by atoms with Crippen molar-refractivity contribution in [3.63, 3.8) is 0 Å². The van der Waals surface area contributed by atoms with Crippen molar-refractivity contribution in [3.05, 3.63) is 119 Å². The van der Waals surface area contributed by atoms with Crippen LogP contribution in [0.1, 0.15) is 22.3 Å². The van der Waals surface area contributed by atoms with Gasteiger partial charge in [-0.1, -0.05) is 97.1 Å². The van der Waals surface area contributed by atoms with Crippen LogP contribution in [0.5, 0.6) is 0 Å². The molecule has 0 bridgehead atoms. The lowest BCUT2D eigenvalue weighted by Crippen LogP contribution is -2.05. The molecule has 4 nitrogen and oxygen atoms in total. The maximum Gasteiger partial charge on any atom is 0.206 e. The minimum atomic E-state index is -3.76. The largest absolute Gasteiger partial charge is 0.398 e. The second-order valence-corrected chi connectivity index (χ2v) is 9.52. The van der Waals surface area contributed by atoms with Crippen LogP contribution >= 0.6 is 12.4 Å². The molecule has 0 saturated heterocycles. The van der Waals surface area contributed by atoms with Crippen molar-refractivity contribution in [2.45, 2.75) is 9.79 Å². The molecule has 0 amide bonds. The van der Waals surface area contributed by atoms with E-state index >= 15 is 0 Å². The third-order valence-corrected chi connectivity index (χ3v) is 7.00. The summed E-state index contributed by atoms with van der Waals surface area (Å²) in [5.74, 6) is 0. The van der Waals surface area contributed by atoms with E-state index < -0.39 is 9.84 Å². The van der Waals surface area contributed by atoms with Gasteiger partial charge in [0, 0.05) is 11.4 Å². The van der Waals surface area contributed by atoms with Crippen LogP contribution in [0.4, 0.5) is 11.4 Å². The van der Waals surface area contributed by atoms with Crippen LogP contribution in [-0.2, 0) is 9.84 Å². The van der Waals surface area contributed by atoms with Crippen LogP contribution in [0.3, 0.4) is 0 Å². The molecule has 4 rings (SSSR count). The van der Waals surface area contributed by atoms with Gasteiger partial charge in [0.05, 0.1) is 9.79 Å². The van der Waals surface area contributed by atoms with Gasteiger partial charge in [0.2, 0.25) is 9.84 Å². The van der Waals surface area contributed by atoms with E-state index in [0.717, 1.165) is 22.3 Å². The first-order chi connectivity index (χ1) is 15.9. The quantitative estimate of drug-likeness (QED) is 0.241. The van der Waals surface area contributed by atoms with E-state index in [-0.39, 0.29) is 22.2 Å². The lowest BCUT2D eigenvalue weighted by atomic mass is 10.1. The average Bonchev–Trinajstić information content (AvgIpc) is 2.83. The summed E-state index contributed by atoms with van der Waals surface area (Å²) in [6.07, 6.45) is 7.60. The zero-order valence-electron chi connectivity index (χ0n) is 18.3. The summed E-state index contributed by atoms with van der Waals surface area (Å²) in [6.45, 7) is 0. The van der Waals surface area contributed by atoms with Gasteiger partial charge in [-0.05, 0) is 46.5 Å². The molecule has 4 aromatic carbocycles. The fraction of sp³-hybridized carbons (Fsp3) is 0. The molecular formula is C28H25ClN2O2S. The van der Waals surface area contributed by atoms with E-state index in [2.05, 4.69) is 0 Å². The zero-order chi connectivity index (χ0) is 23.3. The van der Waals surface area contributed by atoms with Crippen LogP contribution in [0, 0.1) is 0 Å². The number of nitrogens with two attached hydrogens (primary N) is 2. The Morgan fingerprint density at radius 1 is 0.529 bits per heavy atom. The Morgan fingerprint density at radius 3 is 1.26 bits per heavy atom. The van der Waals surface area contributed by atoms with Crippen molar-refractivity contribution >= 4 is 57.9 Å². The van der Waals surface area contributed by atoms with E-state index in [9.17, 15) is 8.42 Å².